The predicted molar refractivity (Wildman–Crippen MR) is 81.9 cm³/mol. The van der Waals surface area contributed by atoms with Crippen LogP contribution in [-0.2, 0) is 0 Å². The number of nitrogens with zero attached hydrogens (tertiary/aromatic N) is 2. The van der Waals surface area contributed by atoms with Gasteiger partial charge >= 0.3 is 5.69 Å². The van der Waals surface area contributed by atoms with Crippen molar-refractivity contribution in [2.24, 2.45) is 0 Å². The molecule has 21 heavy (non-hydrogen) atoms. The summed E-state index contributed by atoms with van der Waals surface area (Å²) in [6.07, 6.45) is 0. The van der Waals surface area contributed by atoms with Gasteiger partial charge in [-0.1, -0.05) is 29.8 Å². The molecule has 0 aliphatic rings. The van der Waals surface area contributed by atoms with Gasteiger partial charge in [-0.15, -0.1) is 0 Å². The minimum absolute atomic E-state index is 0.0418. The molecule has 4 nitrogen and oxygen atoms in total. The number of nitrogens with one attached hydrogen (secondary N) is 1. The number of rotatable bonds is 2. The van der Waals surface area contributed by atoms with E-state index in [1.807, 2.05) is 18.2 Å². The van der Waals surface area contributed by atoms with Crippen LogP contribution < -0.4 is 11.0 Å². The molecule has 0 unspecified atom stereocenters. The molecule has 0 saturated heterocycles. The number of benzene rings is 2. The summed E-state index contributed by atoms with van der Waals surface area (Å²) in [4.78, 5) is 16.2. The summed E-state index contributed by atoms with van der Waals surface area (Å²) in [6.45, 7) is 0. The largest absolute Gasteiger partial charge is 0.372 e. The molecule has 1 heterocycles. The van der Waals surface area contributed by atoms with E-state index < -0.39 is 11.5 Å². The Kier molecular flexibility index (Phi) is 3.35. The van der Waals surface area contributed by atoms with E-state index in [-0.39, 0.29) is 5.02 Å². The lowest BCUT2D eigenvalue weighted by Crippen LogP contribution is -2.23. The van der Waals surface area contributed by atoms with Crippen LogP contribution in [0.4, 0.5) is 10.2 Å². The van der Waals surface area contributed by atoms with Gasteiger partial charge in [0.2, 0.25) is 0 Å². The van der Waals surface area contributed by atoms with Crippen LogP contribution in [-0.4, -0.2) is 16.6 Å². The summed E-state index contributed by atoms with van der Waals surface area (Å²) in [6, 6.07) is 11.7. The molecule has 0 bridgehead atoms. The number of hydrogen-bond donors (Lipinski definition) is 1. The Morgan fingerprint density at radius 3 is 2.62 bits per heavy atom. The highest BCUT2D eigenvalue weighted by molar-refractivity contribution is 6.31. The molecule has 0 aliphatic carbocycles. The third kappa shape index (κ3) is 2.25. The number of halogens is 2. The zero-order valence-corrected chi connectivity index (χ0v) is 11.9. The van der Waals surface area contributed by atoms with Crippen LogP contribution in [0.25, 0.3) is 16.6 Å². The third-order valence-corrected chi connectivity index (χ3v) is 3.47. The Bertz CT molecular complexity index is 877. The lowest BCUT2D eigenvalue weighted by molar-refractivity contribution is 0.630. The van der Waals surface area contributed by atoms with Gasteiger partial charge < -0.3 is 5.32 Å². The molecule has 3 aromatic rings. The van der Waals surface area contributed by atoms with Crippen molar-refractivity contribution in [2.75, 3.05) is 12.4 Å². The zero-order valence-electron chi connectivity index (χ0n) is 11.1. The van der Waals surface area contributed by atoms with Crippen LogP contribution in [0.15, 0.2) is 47.3 Å². The van der Waals surface area contributed by atoms with Crippen LogP contribution >= 0.6 is 11.6 Å². The van der Waals surface area contributed by atoms with E-state index in [1.165, 1.54) is 16.7 Å². The molecule has 0 radical (unpaired) electrons. The maximum Gasteiger partial charge on any atom is 0.354 e. The highest BCUT2D eigenvalue weighted by Crippen LogP contribution is 2.27. The lowest BCUT2D eigenvalue weighted by Gasteiger charge is -2.13. The fourth-order valence-electron chi connectivity index (χ4n) is 2.24. The van der Waals surface area contributed by atoms with E-state index in [2.05, 4.69) is 10.3 Å². The van der Waals surface area contributed by atoms with Crippen LogP contribution in [0.5, 0.6) is 0 Å². The molecule has 0 aliphatic heterocycles. The Balaban J connectivity index is 2.48. The van der Waals surface area contributed by atoms with Crippen molar-refractivity contribution in [3.63, 3.8) is 0 Å². The van der Waals surface area contributed by atoms with Gasteiger partial charge in [0.15, 0.2) is 0 Å². The van der Waals surface area contributed by atoms with Crippen molar-refractivity contribution >= 4 is 28.3 Å². The maximum absolute atomic E-state index is 13.7. The highest BCUT2D eigenvalue weighted by atomic mass is 35.5. The first-order valence-corrected chi connectivity index (χ1v) is 6.64. The molecule has 2 aromatic carbocycles. The average Bonchev–Trinajstić information content (AvgIpc) is 2.49. The highest BCUT2D eigenvalue weighted by Gasteiger charge is 2.14. The first kappa shape index (κ1) is 13.6. The molecule has 0 spiro atoms. The summed E-state index contributed by atoms with van der Waals surface area (Å²) in [5.74, 6) is -0.238. The smallest absolute Gasteiger partial charge is 0.354 e. The van der Waals surface area contributed by atoms with Gasteiger partial charge in [0.05, 0.1) is 16.2 Å². The summed E-state index contributed by atoms with van der Waals surface area (Å²) < 4.78 is 15.1. The number of anilines is 1. The molecule has 1 N–H and O–H groups in total. The second-order valence-corrected chi connectivity index (χ2v) is 4.85. The van der Waals surface area contributed by atoms with Gasteiger partial charge in [-0.25, -0.2) is 9.18 Å². The van der Waals surface area contributed by atoms with E-state index in [0.29, 0.717) is 22.4 Å². The standard InChI is InChI=1S/C15H11ClFN3O/c1-18-14-10-7-12(17)11(16)8-13(10)20(15(21)19-14)9-5-3-2-4-6-9/h2-8H,1H3,(H,18,19,21). The first-order chi connectivity index (χ1) is 10.1. The SMILES string of the molecule is CNc1nc(=O)n(-c2ccccc2)c2cc(Cl)c(F)cc12. The summed E-state index contributed by atoms with van der Waals surface area (Å²) >= 11 is 5.86. The minimum Gasteiger partial charge on any atom is -0.372 e. The molecule has 1 aromatic heterocycles. The predicted octanol–water partition coefficient (Wildman–Crippen LogP) is 3.22. The molecule has 0 amide bonds. The second kappa shape index (κ2) is 5.18. The Labute approximate surface area is 124 Å². The van der Waals surface area contributed by atoms with Gasteiger partial charge in [-0.05, 0) is 24.3 Å². The normalized spacial score (nSPS) is 10.8. The number of aromatic nitrogens is 2. The Morgan fingerprint density at radius 1 is 1.24 bits per heavy atom. The van der Waals surface area contributed by atoms with Crippen molar-refractivity contribution in [1.29, 1.82) is 0 Å². The Hall–Kier alpha value is -2.40. The van der Waals surface area contributed by atoms with Crippen LogP contribution in [0.2, 0.25) is 5.02 Å². The van der Waals surface area contributed by atoms with Crippen molar-refractivity contribution < 1.29 is 4.39 Å². The summed E-state index contributed by atoms with van der Waals surface area (Å²) in [7, 11) is 1.63. The molecule has 6 heteroatoms. The van der Waals surface area contributed by atoms with E-state index in [4.69, 9.17) is 11.6 Å². The average molecular weight is 304 g/mol. The van der Waals surface area contributed by atoms with Gasteiger partial charge in [0, 0.05) is 12.4 Å². The molecular formula is C15H11ClFN3O. The molecule has 0 atom stereocenters. The lowest BCUT2D eigenvalue weighted by atomic mass is 10.2. The number of hydrogen-bond acceptors (Lipinski definition) is 3. The molecular weight excluding hydrogens is 293 g/mol. The van der Waals surface area contributed by atoms with Gasteiger partial charge in [-0.2, -0.15) is 4.98 Å². The molecule has 3 rings (SSSR count). The van der Waals surface area contributed by atoms with Gasteiger partial charge in [-0.3, -0.25) is 4.57 Å². The summed E-state index contributed by atoms with van der Waals surface area (Å²) in [5.41, 5.74) is 0.683. The van der Waals surface area contributed by atoms with Crippen LogP contribution in [0.1, 0.15) is 0 Å². The van der Waals surface area contributed by atoms with Crippen molar-refractivity contribution in [3.05, 3.63) is 63.8 Å². The maximum atomic E-state index is 13.7. The monoisotopic (exact) mass is 303 g/mol. The van der Waals surface area contributed by atoms with Crippen molar-refractivity contribution in [1.82, 2.24) is 9.55 Å². The van der Waals surface area contributed by atoms with Crippen LogP contribution in [0, 0.1) is 5.82 Å². The molecule has 106 valence electrons. The quantitative estimate of drug-likeness (QED) is 0.790. The van der Waals surface area contributed by atoms with Crippen molar-refractivity contribution in [3.8, 4) is 5.69 Å². The van der Waals surface area contributed by atoms with E-state index >= 15 is 0 Å². The second-order valence-electron chi connectivity index (χ2n) is 4.45. The third-order valence-electron chi connectivity index (χ3n) is 3.18. The fraction of sp³-hybridized carbons (Fsp3) is 0.0667. The minimum atomic E-state index is -0.555. The van der Waals surface area contributed by atoms with Gasteiger partial charge in [0.1, 0.15) is 11.6 Å². The van der Waals surface area contributed by atoms with Crippen LogP contribution in [0.3, 0.4) is 0 Å². The molecule has 0 fully saturated rings. The van der Waals surface area contributed by atoms with E-state index in [9.17, 15) is 9.18 Å². The number of fused-ring (bicyclic) bond motifs is 1. The zero-order chi connectivity index (χ0) is 15.0. The number of para-hydroxylation sites is 1. The van der Waals surface area contributed by atoms with Crippen molar-refractivity contribution in [2.45, 2.75) is 0 Å². The Morgan fingerprint density at radius 2 is 1.95 bits per heavy atom. The van der Waals surface area contributed by atoms with E-state index in [1.54, 1.807) is 19.2 Å². The van der Waals surface area contributed by atoms with Gasteiger partial charge in [0.25, 0.3) is 0 Å². The first-order valence-electron chi connectivity index (χ1n) is 6.27. The summed E-state index contributed by atoms with van der Waals surface area (Å²) in [5, 5.41) is 3.25. The topological polar surface area (TPSA) is 46.9 Å². The van der Waals surface area contributed by atoms with E-state index in [0.717, 1.165) is 0 Å². The molecule has 0 saturated carbocycles. The fourth-order valence-corrected chi connectivity index (χ4v) is 2.39.